The van der Waals surface area contributed by atoms with Gasteiger partial charge < -0.3 is 20.3 Å². The molecule has 0 aromatic carbocycles. The van der Waals surface area contributed by atoms with Crippen molar-refractivity contribution in [3.05, 3.63) is 11.6 Å². The van der Waals surface area contributed by atoms with Gasteiger partial charge >= 0.3 is 6.03 Å². The Morgan fingerprint density at radius 2 is 1.94 bits per heavy atom. The van der Waals surface area contributed by atoms with Crippen LogP contribution < -0.4 is 10.6 Å². The van der Waals surface area contributed by atoms with Gasteiger partial charge in [0.05, 0.1) is 19.3 Å². The standard InChI is InChI=1S/C25H41N5O3/c1-3-7-20(2)17-29-11-10-25(18-26,19-29)28-23(31)22(16-21-8-5-4-6-9-21)27-24(32)30-12-14-33-15-13-30/h7,21-22H,3-6,8-17,19H2,1-2H3,(H,27,32)(H,28,31). The fourth-order valence-electron chi connectivity index (χ4n) is 5.33. The molecule has 1 saturated carbocycles. The number of urea groups is 1. The Hall–Kier alpha value is -2.11. The van der Waals surface area contributed by atoms with Crippen LogP contribution in [-0.4, -0.2) is 79.3 Å². The number of rotatable bonds is 8. The Morgan fingerprint density at radius 1 is 1.21 bits per heavy atom. The lowest BCUT2D eigenvalue weighted by atomic mass is 9.84. The maximum Gasteiger partial charge on any atom is 0.318 e. The molecule has 0 spiro atoms. The molecule has 184 valence electrons. The lowest BCUT2D eigenvalue weighted by molar-refractivity contribution is -0.124. The van der Waals surface area contributed by atoms with Crippen LogP contribution >= 0.6 is 0 Å². The number of nitriles is 1. The van der Waals surface area contributed by atoms with Crippen molar-refractivity contribution in [1.82, 2.24) is 20.4 Å². The van der Waals surface area contributed by atoms with Crippen LogP contribution in [0.15, 0.2) is 11.6 Å². The molecule has 3 fully saturated rings. The minimum Gasteiger partial charge on any atom is -0.378 e. The molecule has 1 aliphatic carbocycles. The average Bonchev–Trinajstić information content (AvgIpc) is 3.22. The minimum atomic E-state index is -0.905. The normalized spacial score (nSPS) is 26.0. The van der Waals surface area contributed by atoms with Crippen LogP contribution in [-0.2, 0) is 9.53 Å². The van der Waals surface area contributed by atoms with Crippen LogP contribution in [0.25, 0.3) is 0 Å². The van der Waals surface area contributed by atoms with Crippen molar-refractivity contribution in [3.63, 3.8) is 0 Å². The Bertz CT molecular complexity index is 737. The van der Waals surface area contributed by atoms with Gasteiger partial charge in [-0.05, 0) is 32.1 Å². The van der Waals surface area contributed by atoms with Gasteiger partial charge in [-0.2, -0.15) is 5.26 Å². The number of hydrogen-bond donors (Lipinski definition) is 2. The van der Waals surface area contributed by atoms with Gasteiger partial charge in [-0.1, -0.05) is 50.7 Å². The number of allylic oxidation sites excluding steroid dienone is 1. The highest BCUT2D eigenvalue weighted by Gasteiger charge is 2.41. The summed E-state index contributed by atoms with van der Waals surface area (Å²) in [5.41, 5.74) is 0.378. The molecule has 2 heterocycles. The van der Waals surface area contributed by atoms with Crippen molar-refractivity contribution in [3.8, 4) is 6.07 Å². The second-order valence-electron chi connectivity index (χ2n) is 9.94. The van der Waals surface area contributed by atoms with Gasteiger partial charge in [0.2, 0.25) is 5.91 Å². The van der Waals surface area contributed by atoms with Crippen LogP contribution in [0.3, 0.4) is 0 Å². The van der Waals surface area contributed by atoms with E-state index in [9.17, 15) is 14.9 Å². The lowest BCUT2D eigenvalue weighted by Gasteiger charge is -2.32. The number of nitrogens with zero attached hydrogens (tertiary/aromatic N) is 3. The molecule has 8 heteroatoms. The maximum absolute atomic E-state index is 13.4. The van der Waals surface area contributed by atoms with E-state index in [-0.39, 0.29) is 11.9 Å². The Labute approximate surface area is 198 Å². The van der Waals surface area contributed by atoms with Gasteiger partial charge in [0.15, 0.2) is 0 Å². The molecular weight excluding hydrogens is 418 g/mol. The highest BCUT2D eigenvalue weighted by Crippen LogP contribution is 2.28. The molecule has 2 atom stereocenters. The highest BCUT2D eigenvalue weighted by molar-refractivity contribution is 5.88. The summed E-state index contributed by atoms with van der Waals surface area (Å²) < 4.78 is 5.35. The number of amides is 3. The topological polar surface area (TPSA) is 97.7 Å². The predicted molar refractivity (Wildman–Crippen MR) is 127 cm³/mol. The third-order valence-corrected chi connectivity index (χ3v) is 7.16. The summed E-state index contributed by atoms with van der Waals surface area (Å²) in [6, 6.07) is 1.55. The minimum absolute atomic E-state index is 0.214. The van der Waals surface area contributed by atoms with Crippen molar-refractivity contribution in [2.75, 3.05) is 45.9 Å². The summed E-state index contributed by atoms with van der Waals surface area (Å²) in [5, 5.41) is 16.0. The van der Waals surface area contributed by atoms with Crippen molar-refractivity contribution in [2.45, 2.75) is 76.8 Å². The Morgan fingerprint density at radius 3 is 2.61 bits per heavy atom. The third kappa shape index (κ3) is 7.44. The summed E-state index contributed by atoms with van der Waals surface area (Å²) in [4.78, 5) is 30.3. The summed E-state index contributed by atoms with van der Waals surface area (Å²) in [6.07, 6.45) is 10.2. The average molecular weight is 460 g/mol. The highest BCUT2D eigenvalue weighted by atomic mass is 16.5. The zero-order valence-electron chi connectivity index (χ0n) is 20.4. The van der Waals surface area contributed by atoms with E-state index in [0.29, 0.717) is 51.6 Å². The van der Waals surface area contributed by atoms with Gasteiger partial charge in [0.1, 0.15) is 11.6 Å². The molecule has 0 aromatic rings. The molecule has 0 radical (unpaired) electrons. The summed E-state index contributed by atoms with van der Waals surface area (Å²) >= 11 is 0. The van der Waals surface area contributed by atoms with E-state index in [1.165, 1.54) is 24.8 Å². The van der Waals surface area contributed by atoms with Gasteiger partial charge in [0, 0.05) is 32.7 Å². The van der Waals surface area contributed by atoms with Crippen LogP contribution in [0, 0.1) is 17.2 Å². The van der Waals surface area contributed by atoms with E-state index in [1.807, 2.05) is 0 Å². The lowest BCUT2D eigenvalue weighted by Crippen LogP contribution is -2.58. The Balaban J connectivity index is 1.65. The van der Waals surface area contributed by atoms with Gasteiger partial charge in [-0.3, -0.25) is 9.69 Å². The Kier molecular flexibility index (Phi) is 9.57. The number of ether oxygens (including phenoxy) is 1. The maximum atomic E-state index is 13.4. The smallest absolute Gasteiger partial charge is 0.318 e. The summed E-state index contributed by atoms with van der Waals surface area (Å²) in [6.45, 7) is 8.43. The molecule has 8 nitrogen and oxygen atoms in total. The number of carbonyl (C=O) groups excluding carboxylic acids is 2. The van der Waals surface area contributed by atoms with Crippen molar-refractivity contribution >= 4 is 11.9 Å². The number of morpholine rings is 1. The SMILES string of the molecule is CCC=C(C)CN1CCC(C#N)(NC(=O)C(CC2CCCCC2)NC(=O)N2CCOCC2)C1. The molecule has 2 saturated heterocycles. The zero-order chi connectivity index (χ0) is 23.7. The monoisotopic (exact) mass is 459 g/mol. The van der Waals surface area contributed by atoms with Crippen LogP contribution in [0.1, 0.15) is 65.2 Å². The fraction of sp³-hybridized carbons (Fsp3) is 0.800. The quantitative estimate of drug-likeness (QED) is 0.544. The number of nitrogens with one attached hydrogen (secondary N) is 2. The molecule has 2 unspecified atom stereocenters. The third-order valence-electron chi connectivity index (χ3n) is 7.16. The second-order valence-corrected chi connectivity index (χ2v) is 9.94. The first-order valence-corrected chi connectivity index (χ1v) is 12.7. The zero-order valence-corrected chi connectivity index (χ0v) is 20.4. The van der Waals surface area contributed by atoms with Crippen molar-refractivity contribution < 1.29 is 14.3 Å². The molecule has 0 bridgehead atoms. The summed E-state index contributed by atoms with van der Waals surface area (Å²) in [7, 11) is 0. The molecule has 3 aliphatic rings. The van der Waals surface area contributed by atoms with Crippen LogP contribution in [0.5, 0.6) is 0 Å². The first kappa shape index (κ1) is 25.5. The van der Waals surface area contributed by atoms with E-state index >= 15 is 0 Å². The van der Waals surface area contributed by atoms with E-state index in [0.717, 1.165) is 32.4 Å². The summed E-state index contributed by atoms with van der Waals surface area (Å²) in [5.74, 6) is 0.200. The van der Waals surface area contributed by atoms with Crippen molar-refractivity contribution in [1.29, 1.82) is 5.26 Å². The van der Waals surface area contributed by atoms with E-state index < -0.39 is 11.6 Å². The van der Waals surface area contributed by atoms with Crippen LogP contribution in [0.2, 0.25) is 0 Å². The molecule has 0 aromatic heterocycles. The van der Waals surface area contributed by atoms with Crippen molar-refractivity contribution in [2.24, 2.45) is 5.92 Å². The molecule has 2 N–H and O–H groups in total. The van der Waals surface area contributed by atoms with E-state index in [1.54, 1.807) is 4.90 Å². The molecular formula is C25H41N5O3. The number of carbonyl (C=O) groups is 2. The largest absolute Gasteiger partial charge is 0.378 e. The fourth-order valence-corrected chi connectivity index (χ4v) is 5.33. The van der Waals surface area contributed by atoms with Gasteiger partial charge in [-0.25, -0.2) is 4.79 Å². The molecule has 33 heavy (non-hydrogen) atoms. The molecule has 3 rings (SSSR count). The van der Waals surface area contributed by atoms with E-state index in [4.69, 9.17) is 4.74 Å². The number of hydrogen-bond acceptors (Lipinski definition) is 5. The number of likely N-dealkylation sites (tertiary alicyclic amines) is 1. The first-order valence-electron chi connectivity index (χ1n) is 12.7. The van der Waals surface area contributed by atoms with Gasteiger partial charge in [-0.15, -0.1) is 0 Å². The molecule has 3 amide bonds. The van der Waals surface area contributed by atoms with E-state index in [2.05, 4.69) is 41.5 Å². The predicted octanol–water partition coefficient (Wildman–Crippen LogP) is 2.81. The first-order chi connectivity index (χ1) is 15.9. The van der Waals surface area contributed by atoms with Crippen LogP contribution in [0.4, 0.5) is 4.79 Å². The second kappa shape index (κ2) is 12.4. The van der Waals surface area contributed by atoms with Gasteiger partial charge in [0.25, 0.3) is 0 Å². The molecule has 2 aliphatic heterocycles.